The number of rotatable bonds is 4. The minimum Gasteiger partial charge on any atom is -0.396 e. The Labute approximate surface area is 94.8 Å². The summed E-state index contributed by atoms with van der Waals surface area (Å²) in [6.07, 6.45) is 0.996. The molecule has 0 heterocycles. The Morgan fingerprint density at radius 1 is 1.56 bits per heavy atom. The van der Waals surface area contributed by atoms with Crippen LogP contribution in [0.2, 0.25) is 0 Å². The van der Waals surface area contributed by atoms with Crippen molar-refractivity contribution in [1.82, 2.24) is 5.32 Å². The summed E-state index contributed by atoms with van der Waals surface area (Å²) in [6.45, 7) is 4.70. The normalized spacial score (nSPS) is 12.2. The molecule has 1 aromatic rings. The minimum absolute atomic E-state index is 0.0541. The molecule has 0 aliphatic rings. The van der Waals surface area contributed by atoms with Crippen LogP contribution in [0.5, 0.6) is 0 Å². The lowest BCUT2D eigenvalue weighted by atomic mass is 10.1. The Balaban J connectivity index is 2.63. The van der Waals surface area contributed by atoms with E-state index in [2.05, 4.69) is 12.2 Å². The predicted octanol–water partition coefficient (Wildman–Crippen LogP) is 2.18. The van der Waals surface area contributed by atoms with E-state index in [4.69, 9.17) is 5.73 Å². The lowest BCUT2D eigenvalue weighted by Gasteiger charge is -2.10. The van der Waals surface area contributed by atoms with Crippen LogP contribution in [0.4, 0.5) is 10.1 Å². The van der Waals surface area contributed by atoms with Gasteiger partial charge < -0.3 is 11.1 Å². The van der Waals surface area contributed by atoms with E-state index in [-0.39, 0.29) is 11.6 Å². The van der Waals surface area contributed by atoms with Crippen LogP contribution in [-0.4, -0.2) is 12.5 Å². The van der Waals surface area contributed by atoms with Gasteiger partial charge in [0.25, 0.3) is 5.91 Å². The first kappa shape index (κ1) is 12.5. The fourth-order valence-electron chi connectivity index (χ4n) is 1.18. The fourth-order valence-corrected chi connectivity index (χ4v) is 1.18. The van der Waals surface area contributed by atoms with Crippen molar-refractivity contribution in [3.05, 3.63) is 29.6 Å². The standard InChI is InChI=1S/C12H17FN2O/c1-3-8(2)7-15-12(16)9-4-5-11(14)10(13)6-9/h4-6,8H,3,7,14H2,1-2H3,(H,15,16). The van der Waals surface area contributed by atoms with E-state index >= 15 is 0 Å². The maximum atomic E-state index is 13.1. The molecule has 1 amide bonds. The molecule has 1 aromatic carbocycles. The van der Waals surface area contributed by atoms with Gasteiger partial charge >= 0.3 is 0 Å². The molecule has 0 aliphatic carbocycles. The second-order valence-electron chi connectivity index (χ2n) is 3.96. The first-order valence-corrected chi connectivity index (χ1v) is 5.37. The van der Waals surface area contributed by atoms with Gasteiger partial charge in [0.1, 0.15) is 5.82 Å². The molecule has 88 valence electrons. The van der Waals surface area contributed by atoms with Gasteiger partial charge in [-0.2, -0.15) is 0 Å². The van der Waals surface area contributed by atoms with Crippen molar-refractivity contribution < 1.29 is 9.18 Å². The van der Waals surface area contributed by atoms with E-state index in [9.17, 15) is 9.18 Å². The van der Waals surface area contributed by atoms with Crippen LogP contribution in [0.3, 0.4) is 0 Å². The molecule has 0 saturated heterocycles. The average Bonchev–Trinajstić information content (AvgIpc) is 2.29. The van der Waals surface area contributed by atoms with Crippen molar-refractivity contribution in [3.8, 4) is 0 Å². The molecule has 0 fully saturated rings. The molecule has 3 N–H and O–H groups in total. The monoisotopic (exact) mass is 224 g/mol. The van der Waals surface area contributed by atoms with Gasteiger partial charge in [-0.1, -0.05) is 20.3 Å². The third-order valence-corrected chi connectivity index (χ3v) is 2.57. The number of benzene rings is 1. The zero-order valence-electron chi connectivity index (χ0n) is 9.59. The van der Waals surface area contributed by atoms with Crippen LogP contribution < -0.4 is 11.1 Å². The number of anilines is 1. The Morgan fingerprint density at radius 2 is 2.25 bits per heavy atom. The van der Waals surface area contributed by atoms with Crippen molar-refractivity contribution in [2.45, 2.75) is 20.3 Å². The summed E-state index contributed by atoms with van der Waals surface area (Å²) < 4.78 is 13.1. The van der Waals surface area contributed by atoms with Crippen molar-refractivity contribution in [2.75, 3.05) is 12.3 Å². The highest BCUT2D eigenvalue weighted by atomic mass is 19.1. The highest BCUT2D eigenvalue weighted by molar-refractivity contribution is 5.94. The van der Waals surface area contributed by atoms with Crippen LogP contribution in [0.15, 0.2) is 18.2 Å². The van der Waals surface area contributed by atoms with Crippen LogP contribution in [0, 0.1) is 11.7 Å². The van der Waals surface area contributed by atoms with Gasteiger partial charge in [0.05, 0.1) is 5.69 Å². The Bertz CT molecular complexity index is 379. The van der Waals surface area contributed by atoms with Gasteiger partial charge in [0.2, 0.25) is 0 Å². The summed E-state index contributed by atoms with van der Waals surface area (Å²) in [5.41, 5.74) is 5.68. The largest absolute Gasteiger partial charge is 0.396 e. The number of halogens is 1. The first-order valence-electron chi connectivity index (χ1n) is 5.37. The van der Waals surface area contributed by atoms with E-state index in [0.29, 0.717) is 18.0 Å². The molecule has 1 rings (SSSR count). The molecule has 0 bridgehead atoms. The van der Waals surface area contributed by atoms with E-state index < -0.39 is 5.82 Å². The summed E-state index contributed by atoms with van der Waals surface area (Å²) in [4.78, 5) is 11.6. The molecular weight excluding hydrogens is 207 g/mol. The summed E-state index contributed by atoms with van der Waals surface area (Å²) in [5.74, 6) is -0.405. The third-order valence-electron chi connectivity index (χ3n) is 2.57. The third kappa shape index (κ3) is 3.22. The zero-order valence-corrected chi connectivity index (χ0v) is 9.59. The maximum Gasteiger partial charge on any atom is 0.251 e. The number of amides is 1. The molecule has 0 radical (unpaired) electrons. The summed E-state index contributed by atoms with van der Waals surface area (Å²) in [5, 5.41) is 2.75. The Kier molecular flexibility index (Phi) is 4.28. The molecule has 4 heteroatoms. The number of carbonyl (C=O) groups is 1. The zero-order chi connectivity index (χ0) is 12.1. The SMILES string of the molecule is CCC(C)CNC(=O)c1ccc(N)c(F)c1. The molecular formula is C12H17FN2O. The number of hydrogen-bond acceptors (Lipinski definition) is 2. The molecule has 3 nitrogen and oxygen atoms in total. The van der Waals surface area contributed by atoms with E-state index in [1.165, 1.54) is 12.1 Å². The van der Waals surface area contributed by atoms with Crippen LogP contribution in [-0.2, 0) is 0 Å². The van der Waals surface area contributed by atoms with E-state index in [0.717, 1.165) is 12.5 Å². The van der Waals surface area contributed by atoms with E-state index in [1.54, 1.807) is 0 Å². The second-order valence-corrected chi connectivity index (χ2v) is 3.96. The Morgan fingerprint density at radius 3 is 2.81 bits per heavy atom. The van der Waals surface area contributed by atoms with Crippen molar-refractivity contribution in [2.24, 2.45) is 5.92 Å². The minimum atomic E-state index is -0.559. The number of nitrogens with one attached hydrogen (secondary N) is 1. The molecule has 0 saturated carbocycles. The smallest absolute Gasteiger partial charge is 0.251 e. The van der Waals surface area contributed by atoms with Crippen molar-refractivity contribution in [3.63, 3.8) is 0 Å². The lowest BCUT2D eigenvalue weighted by Crippen LogP contribution is -2.28. The van der Waals surface area contributed by atoms with Crippen molar-refractivity contribution >= 4 is 11.6 Å². The number of nitrogens with two attached hydrogens (primary N) is 1. The number of nitrogen functional groups attached to an aromatic ring is 1. The lowest BCUT2D eigenvalue weighted by molar-refractivity contribution is 0.0947. The molecule has 0 aliphatic heterocycles. The predicted molar refractivity (Wildman–Crippen MR) is 62.6 cm³/mol. The van der Waals surface area contributed by atoms with Crippen LogP contribution in [0.25, 0.3) is 0 Å². The second kappa shape index (κ2) is 5.49. The van der Waals surface area contributed by atoms with Gasteiger partial charge in [-0.25, -0.2) is 4.39 Å². The number of hydrogen-bond donors (Lipinski definition) is 2. The number of carbonyl (C=O) groups excluding carboxylic acids is 1. The summed E-state index contributed by atoms with van der Waals surface area (Å²) >= 11 is 0. The van der Waals surface area contributed by atoms with Crippen LogP contribution >= 0.6 is 0 Å². The van der Waals surface area contributed by atoms with E-state index in [1.807, 2.05) is 6.92 Å². The van der Waals surface area contributed by atoms with Gasteiger partial charge in [-0.3, -0.25) is 4.79 Å². The van der Waals surface area contributed by atoms with Gasteiger partial charge in [-0.15, -0.1) is 0 Å². The maximum absolute atomic E-state index is 13.1. The molecule has 1 atom stereocenters. The summed E-state index contributed by atoms with van der Waals surface area (Å²) in [6, 6.07) is 4.07. The van der Waals surface area contributed by atoms with Crippen molar-refractivity contribution in [1.29, 1.82) is 0 Å². The molecule has 1 unspecified atom stereocenters. The fraction of sp³-hybridized carbons (Fsp3) is 0.417. The Hall–Kier alpha value is -1.58. The first-order chi connectivity index (χ1) is 7.54. The highest BCUT2D eigenvalue weighted by Gasteiger charge is 2.09. The van der Waals surface area contributed by atoms with Gasteiger partial charge in [0.15, 0.2) is 0 Å². The van der Waals surface area contributed by atoms with Gasteiger partial charge in [0, 0.05) is 12.1 Å². The average molecular weight is 224 g/mol. The molecule has 0 aromatic heterocycles. The van der Waals surface area contributed by atoms with Crippen LogP contribution in [0.1, 0.15) is 30.6 Å². The topological polar surface area (TPSA) is 55.1 Å². The molecule has 0 spiro atoms. The highest BCUT2D eigenvalue weighted by Crippen LogP contribution is 2.11. The van der Waals surface area contributed by atoms with Gasteiger partial charge in [-0.05, 0) is 24.1 Å². The summed E-state index contributed by atoms with van der Waals surface area (Å²) in [7, 11) is 0. The molecule has 16 heavy (non-hydrogen) atoms. The quantitative estimate of drug-likeness (QED) is 0.770.